The average molecular weight is 411 g/mol. The third-order valence-electron chi connectivity index (χ3n) is 5.41. The number of benzene rings is 2. The van der Waals surface area contributed by atoms with Crippen LogP contribution >= 0.6 is 0 Å². The first-order valence-electron chi connectivity index (χ1n) is 10.1. The van der Waals surface area contributed by atoms with Crippen LogP contribution in [-0.4, -0.2) is 37.8 Å². The number of unbranched alkanes of at least 4 members (excludes halogenated alkanes) is 1. The van der Waals surface area contributed by atoms with E-state index in [1.165, 1.54) is 0 Å². The van der Waals surface area contributed by atoms with E-state index in [1.807, 2.05) is 14.0 Å². The van der Waals surface area contributed by atoms with Crippen molar-refractivity contribution < 1.29 is 19.0 Å². The molecule has 1 N–H and O–H groups in total. The summed E-state index contributed by atoms with van der Waals surface area (Å²) in [5.41, 5.74) is 2.45. The van der Waals surface area contributed by atoms with Gasteiger partial charge in [-0.1, -0.05) is 13.3 Å². The van der Waals surface area contributed by atoms with Gasteiger partial charge in [-0.25, -0.2) is 4.79 Å². The Labute approximate surface area is 176 Å². The predicted octanol–water partition coefficient (Wildman–Crippen LogP) is 4.72. The number of phenols is 1. The summed E-state index contributed by atoms with van der Waals surface area (Å²) < 4.78 is 16.5. The van der Waals surface area contributed by atoms with Gasteiger partial charge < -0.3 is 23.9 Å². The molecule has 0 saturated carbocycles. The Hall–Kier alpha value is -2.99. The van der Waals surface area contributed by atoms with E-state index in [2.05, 4.69) is 11.8 Å². The fraction of sp³-hybridized carbons (Fsp3) is 0.375. The Morgan fingerprint density at radius 1 is 1.13 bits per heavy atom. The molecule has 0 aliphatic rings. The highest BCUT2D eigenvalue weighted by molar-refractivity contribution is 5.90. The van der Waals surface area contributed by atoms with E-state index in [-0.39, 0.29) is 5.75 Å². The average Bonchev–Trinajstić information content (AvgIpc) is 2.74. The van der Waals surface area contributed by atoms with Crippen LogP contribution in [-0.2, 0) is 6.54 Å². The smallest absolute Gasteiger partial charge is 0.344 e. The lowest BCUT2D eigenvalue weighted by Crippen LogP contribution is -2.19. The minimum atomic E-state index is -0.466. The van der Waals surface area contributed by atoms with E-state index in [4.69, 9.17) is 13.9 Å². The molecule has 0 fully saturated rings. The molecular formula is C24H29NO5. The van der Waals surface area contributed by atoms with Crippen LogP contribution in [0.3, 0.4) is 0 Å². The van der Waals surface area contributed by atoms with E-state index in [1.54, 1.807) is 44.6 Å². The van der Waals surface area contributed by atoms with Crippen molar-refractivity contribution >= 4 is 11.0 Å². The Balaban J connectivity index is 2.17. The van der Waals surface area contributed by atoms with Crippen molar-refractivity contribution in [3.63, 3.8) is 0 Å². The van der Waals surface area contributed by atoms with Gasteiger partial charge >= 0.3 is 5.63 Å². The Morgan fingerprint density at radius 3 is 2.57 bits per heavy atom. The van der Waals surface area contributed by atoms with Gasteiger partial charge in [-0.15, -0.1) is 0 Å². The van der Waals surface area contributed by atoms with Crippen molar-refractivity contribution in [2.24, 2.45) is 0 Å². The third-order valence-corrected chi connectivity index (χ3v) is 5.41. The van der Waals surface area contributed by atoms with Crippen molar-refractivity contribution in [1.29, 1.82) is 0 Å². The summed E-state index contributed by atoms with van der Waals surface area (Å²) in [5.74, 6) is 1.30. The molecule has 0 radical (unpaired) electrons. The summed E-state index contributed by atoms with van der Waals surface area (Å²) in [6.45, 7) is 5.42. The molecule has 0 spiro atoms. The van der Waals surface area contributed by atoms with Crippen LogP contribution in [0, 0.1) is 6.92 Å². The summed E-state index contributed by atoms with van der Waals surface area (Å²) in [6, 6.07) is 8.77. The SMILES string of the molecule is CCCCN(C)Cc1c(O)ccc2c(C)c(-c3ccc(OC)cc3OC)c(=O)oc12. The number of hydrogen-bond acceptors (Lipinski definition) is 6. The number of aromatic hydroxyl groups is 1. The fourth-order valence-corrected chi connectivity index (χ4v) is 3.71. The van der Waals surface area contributed by atoms with Crippen LogP contribution in [0.1, 0.15) is 30.9 Å². The molecule has 0 aliphatic heterocycles. The summed E-state index contributed by atoms with van der Waals surface area (Å²) in [7, 11) is 5.13. The number of rotatable bonds is 8. The zero-order valence-electron chi connectivity index (χ0n) is 18.2. The van der Waals surface area contributed by atoms with E-state index < -0.39 is 5.63 Å². The quantitative estimate of drug-likeness (QED) is 0.541. The Bertz CT molecular complexity index is 1100. The number of aryl methyl sites for hydroxylation is 1. The largest absolute Gasteiger partial charge is 0.507 e. The molecule has 3 aromatic rings. The van der Waals surface area contributed by atoms with Crippen molar-refractivity contribution in [3.05, 3.63) is 51.9 Å². The lowest BCUT2D eigenvalue weighted by molar-refractivity contribution is 0.314. The molecule has 30 heavy (non-hydrogen) atoms. The summed E-state index contributed by atoms with van der Waals surface area (Å²) >= 11 is 0. The third kappa shape index (κ3) is 4.14. The number of ether oxygens (including phenoxy) is 2. The summed E-state index contributed by atoms with van der Waals surface area (Å²) in [5, 5.41) is 11.3. The van der Waals surface area contributed by atoms with Crippen molar-refractivity contribution in [3.8, 4) is 28.4 Å². The highest BCUT2D eigenvalue weighted by Gasteiger charge is 2.21. The topological polar surface area (TPSA) is 72.1 Å². The van der Waals surface area contributed by atoms with Crippen molar-refractivity contribution in [2.45, 2.75) is 33.2 Å². The van der Waals surface area contributed by atoms with Crippen molar-refractivity contribution in [1.82, 2.24) is 4.90 Å². The fourth-order valence-electron chi connectivity index (χ4n) is 3.71. The lowest BCUT2D eigenvalue weighted by atomic mass is 9.97. The van der Waals surface area contributed by atoms with Gasteiger partial charge in [-0.2, -0.15) is 0 Å². The first-order valence-corrected chi connectivity index (χ1v) is 10.1. The molecule has 0 bridgehead atoms. The van der Waals surface area contributed by atoms with E-state index >= 15 is 0 Å². The van der Waals surface area contributed by atoms with Crippen LogP contribution in [0.15, 0.2) is 39.5 Å². The number of nitrogens with zero attached hydrogens (tertiary/aromatic N) is 1. The van der Waals surface area contributed by atoms with Gasteiger partial charge in [-0.05, 0) is 56.8 Å². The van der Waals surface area contributed by atoms with Crippen LogP contribution in [0.25, 0.3) is 22.1 Å². The van der Waals surface area contributed by atoms with Crippen LogP contribution in [0.4, 0.5) is 0 Å². The number of fused-ring (bicyclic) bond motifs is 1. The normalized spacial score (nSPS) is 11.3. The van der Waals surface area contributed by atoms with Gasteiger partial charge in [0.05, 0.1) is 25.3 Å². The van der Waals surface area contributed by atoms with Gasteiger partial charge in [0.1, 0.15) is 22.8 Å². The Kier molecular flexibility index (Phi) is 6.67. The van der Waals surface area contributed by atoms with Gasteiger partial charge in [0.25, 0.3) is 0 Å². The molecule has 0 unspecified atom stereocenters. The first kappa shape index (κ1) is 21.7. The van der Waals surface area contributed by atoms with Gasteiger partial charge in [-0.3, -0.25) is 0 Å². The summed E-state index contributed by atoms with van der Waals surface area (Å²) in [6.07, 6.45) is 2.15. The van der Waals surface area contributed by atoms with Crippen LogP contribution in [0.5, 0.6) is 17.2 Å². The molecule has 3 rings (SSSR count). The molecule has 6 nitrogen and oxygen atoms in total. The lowest BCUT2D eigenvalue weighted by Gasteiger charge is -2.19. The molecule has 1 heterocycles. The van der Waals surface area contributed by atoms with Gasteiger partial charge in [0.15, 0.2) is 0 Å². The molecule has 160 valence electrons. The monoisotopic (exact) mass is 411 g/mol. The van der Waals surface area contributed by atoms with Crippen LogP contribution < -0.4 is 15.1 Å². The molecule has 0 amide bonds. The summed E-state index contributed by atoms with van der Waals surface area (Å²) in [4.78, 5) is 15.2. The highest BCUT2D eigenvalue weighted by atomic mass is 16.5. The number of hydrogen-bond donors (Lipinski definition) is 1. The zero-order chi connectivity index (χ0) is 21.8. The molecule has 6 heteroatoms. The molecule has 1 aromatic heterocycles. The van der Waals surface area contributed by atoms with E-state index in [0.717, 1.165) is 30.3 Å². The zero-order valence-corrected chi connectivity index (χ0v) is 18.2. The Morgan fingerprint density at radius 2 is 1.90 bits per heavy atom. The van der Waals surface area contributed by atoms with E-state index in [0.29, 0.717) is 40.3 Å². The predicted molar refractivity (Wildman–Crippen MR) is 119 cm³/mol. The second kappa shape index (κ2) is 9.22. The maximum absolute atomic E-state index is 13.0. The molecule has 0 saturated heterocycles. The highest BCUT2D eigenvalue weighted by Crippen LogP contribution is 2.37. The second-order valence-corrected chi connectivity index (χ2v) is 7.49. The molecule has 0 atom stereocenters. The second-order valence-electron chi connectivity index (χ2n) is 7.49. The van der Waals surface area contributed by atoms with Gasteiger partial charge in [0, 0.05) is 23.6 Å². The molecular weight excluding hydrogens is 382 g/mol. The van der Waals surface area contributed by atoms with Crippen LogP contribution in [0.2, 0.25) is 0 Å². The number of phenolic OH excluding ortho intramolecular Hbond substituents is 1. The standard InChI is InChI=1S/C24H29NO5/c1-6-7-12-25(3)14-19-20(26)11-10-17-15(2)22(24(27)30-23(17)19)18-9-8-16(28-4)13-21(18)29-5/h8-11,13,26H,6-7,12,14H2,1-5H3. The maximum atomic E-state index is 13.0. The van der Waals surface area contributed by atoms with Crippen molar-refractivity contribution in [2.75, 3.05) is 27.8 Å². The molecule has 2 aromatic carbocycles. The number of methoxy groups -OCH3 is 2. The maximum Gasteiger partial charge on any atom is 0.344 e. The minimum absolute atomic E-state index is 0.128. The van der Waals surface area contributed by atoms with Gasteiger partial charge in [0.2, 0.25) is 0 Å². The molecule has 0 aliphatic carbocycles. The van der Waals surface area contributed by atoms with E-state index in [9.17, 15) is 9.90 Å². The minimum Gasteiger partial charge on any atom is -0.507 e. The first-order chi connectivity index (χ1) is 14.4.